The van der Waals surface area contributed by atoms with Crippen LogP contribution < -0.4 is 5.32 Å². The summed E-state index contributed by atoms with van der Waals surface area (Å²) in [7, 11) is 0. The zero-order valence-electron chi connectivity index (χ0n) is 12.0. The van der Waals surface area contributed by atoms with E-state index in [1.54, 1.807) is 0 Å². The number of hydrogen-bond donors (Lipinski definition) is 2. The van der Waals surface area contributed by atoms with Crippen molar-refractivity contribution in [2.75, 3.05) is 5.32 Å². The normalized spacial score (nSPS) is 17.5. The van der Waals surface area contributed by atoms with Crippen LogP contribution in [-0.4, -0.2) is 21.0 Å². The number of carboxylic acids is 1. The summed E-state index contributed by atoms with van der Waals surface area (Å²) < 4.78 is 5.51. The Kier molecular flexibility index (Phi) is 3.67. The lowest BCUT2D eigenvalue weighted by Gasteiger charge is -2.16. The molecule has 0 saturated carbocycles. The Morgan fingerprint density at radius 1 is 1.48 bits per heavy atom. The van der Waals surface area contributed by atoms with Crippen LogP contribution in [-0.2, 0) is 17.8 Å². The number of fused-ring (bicyclic) bond motifs is 1. The van der Waals surface area contributed by atoms with Crippen LogP contribution in [0.5, 0.6) is 0 Å². The molecule has 2 aromatic heterocycles. The lowest BCUT2D eigenvalue weighted by Crippen LogP contribution is -2.17. The molecule has 0 radical (unpaired) electrons. The SMILES string of the molecule is Cc1nc(CNc2nc3c(s2)CCCC3C(=O)O)oc1C. The fourth-order valence-corrected chi connectivity index (χ4v) is 3.56. The van der Waals surface area contributed by atoms with Crippen molar-refractivity contribution in [3.63, 3.8) is 0 Å². The number of thiazole rings is 1. The molecule has 0 fully saturated rings. The molecular weight excluding hydrogens is 290 g/mol. The summed E-state index contributed by atoms with van der Waals surface area (Å²) in [5, 5.41) is 13.2. The lowest BCUT2D eigenvalue weighted by atomic mass is 9.91. The molecule has 0 aliphatic heterocycles. The van der Waals surface area contributed by atoms with E-state index in [4.69, 9.17) is 4.42 Å². The lowest BCUT2D eigenvalue weighted by molar-refractivity contribution is -0.139. The van der Waals surface area contributed by atoms with Gasteiger partial charge in [0.2, 0.25) is 5.89 Å². The smallest absolute Gasteiger partial charge is 0.312 e. The van der Waals surface area contributed by atoms with Crippen LogP contribution in [0.1, 0.15) is 46.7 Å². The van der Waals surface area contributed by atoms with Gasteiger partial charge in [-0.15, -0.1) is 11.3 Å². The van der Waals surface area contributed by atoms with Crippen LogP contribution in [0.15, 0.2) is 4.42 Å². The summed E-state index contributed by atoms with van der Waals surface area (Å²) in [6.45, 7) is 4.24. The van der Waals surface area contributed by atoms with Crippen LogP contribution in [0.25, 0.3) is 0 Å². The number of anilines is 1. The number of nitrogens with zero attached hydrogens (tertiary/aromatic N) is 2. The molecule has 2 N–H and O–H groups in total. The number of carbonyl (C=O) groups is 1. The molecule has 1 aliphatic carbocycles. The fourth-order valence-electron chi connectivity index (χ4n) is 2.50. The highest BCUT2D eigenvalue weighted by molar-refractivity contribution is 7.15. The van der Waals surface area contributed by atoms with Gasteiger partial charge in [0.15, 0.2) is 5.13 Å². The number of aromatic nitrogens is 2. The Morgan fingerprint density at radius 2 is 2.29 bits per heavy atom. The highest BCUT2D eigenvalue weighted by atomic mass is 32.1. The zero-order valence-corrected chi connectivity index (χ0v) is 12.8. The predicted octanol–water partition coefficient (Wildman–Crippen LogP) is 2.86. The van der Waals surface area contributed by atoms with E-state index in [1.165, 1.54) is 11.3 Å². The summed E-state index contributed by atoms with van der Waals surface area (Å²) >= 11 is 1.53. The monoisotopic (exact) mass is 307 g/mol. The van der Waals surface area contributed by atoms with E-state index >= 15 is 0 Å². The first-order valence-corrected chi connectivity index (χ1v) is 7.75. The van der Waals surface area contributed by atoms with Crippen molar-refractivity contribution >= 4 is 22.4 Å². The zero-order chi connectivity index (χ0) is 15.0. The quantitative estimate of drug-likeness (QED) is 0.903. The standard InChI is InChI=1S/C14H17N3O3S/c1-7-8(2)20-11(16-7)6-15-14-17-12-9(13(18)19)4-3-5-10(12)21-14/h9H,3-6H2,1-2H3,(H,15,17)(H,18,19). The average Bonchev–Trinajstić information content (AvgIpc) is 2.99. The second-order valence-electron chi connectivity index (χ2n) is 5.21. The molecule has 0 amide bonds. The number of nitrogens with one attached hydrogen (secondary N) is 1. The van der Waals surface area contributed by atoms with E-state index in [1.807, 2.05) is 13.8 Å². The number of rotatable bonds is 4. The van der Waals surface area contributed by atoms with Crippen LogP contribution >= 0.6 is 11.3 Å². The summed E-state index contributed by atoms with van der Waals surface area (Å²) in [5.41, 5.74) is 1.61. The molecule has 7 heteroatoms. The molecule has 112 valence electrons. The first kappa shape index (κ1) is 14.1. The largest absolute Gasteiger partial charge is 0.481 e. The van der Waals surface area contributed by atoms with Crippen LogP contribution in [0.3, 0.4) is 0 Å². The summed E-state index contributed by atoms with van der Waals surface area (Å²) in [4.78, 5) is 21.1. The van der Waals surface area contributed by atoms with E-state index in [2.05, 4.69) is 15.3 Å². The van der Waals surface area contributed by atoms with Crippen LogP contribution in [0, 0.1) is 13.8 Å². The highest BCUT2D eigenvalue weighted by Crippen LogP contribution is 2.36. The Morgan fingerprint density at radius 3 is 2.95 bits per heavy atom. The maximum absolute atomic E-state index is 11.3. The molecule has 0 aromatic carbocycles. The third-order valence-electron chi connectivity index (χ3n) is 3.72. The van der Waals surface area contributed by atoms with Gasteiger partial charge in [0.1, 0.15) is 11.7 Å². The van der Waals surface area contributed by atoms with Crippen molar-refractivity contribution in [2.45, 2.75) is 45.6 Å². The number of carboxylic acid groups (broad SMARTS) is 1. The van der Waals surface area contributed by atoms with E-state index in [0.29, 0.717) is 18.9 Å². The minimum absolute atomic E-state index is 0.457. The Labute approximate surface area is 126 Å². The van der Waals surface area contributed by atoms with E-state index < -0.39 is 11.9 Å². The molecule has 0 saturated heterocycles. The minimum Gasteiger partial charge on any atom is -0.481 e. The van der Waals surface area contributed by atoms with Gasteiger partial charge in [0.05, 0.1) is 17.9 Å². The molecule has 6 nitrogen and oxygen atoms in total. The Bertz CT molecular complexity index is 658. The van der Waals surface area contributed by atoms with Gasteiger partial charge >= 0.3 is 5.97 Å². The molecule has 0 bridgehead atoms. The molecule has 3 rings (SSSR count). The molecule has 0 spiro atoms. The Hall–Kier alpha value is -1.89. The number of hydrogen-bond acceptors (Lipinski definition) is 6. The maximum Gasteiger partial charge on any atom is 0.312 e. The van der Waals surface area contributed by atoms with E-state index in [9.17, 15) is 9.90 Å². The van der Waals surface area contributed by atoms with Crippen molar-refractivity contribution in [1.82, 2.24) is 9.97 Å². The van der Waals surface area contributed by atoms with Gasteiger partial charge in [-0.2, -0.15) is 0 Å². The number of oxazole rings is 1. The molecule has 1 unspecified atom stereocenters. The average molecular weight is 307 g/mol. The van der Waals surface area contributed by atoms with Crippen molar-refractivity contribution in [3.05, 3.63) is 27.9 Å². The fraction of sp³-hybridized carbons (Fsp3) is 0.500. The summed E-state index contributed by atoms with van der Waals surface area (Å²) in [5.74, 6) is 0.183. The third-order valence-corrected chi connectivity index (χ3v) is 4.80. The number of aliphatic carboxylic acids is 1. The van der Waals surface area contributed by atoms with Gasteiger partial charge in [-0.25, -0.2) is 9.97 Å². The van der Waals surface area contributed by atoms with Crippen molar-refractivity contribution in [3.8, 4) is 0 Å². The second kappa shape index (κ2) is 5.48. The van der Waals surface area contributed by atoms with Gasteiger partial charge in [0.25, 0.3) is 0 Å². The molecule has 1 aliphatic rings. The summed E-state index contributed by atoms with van der Waals surface area (Å²) in [6.07, 6.45) is 2.49. The first-order valence-electron chi connectivity index (χ1n) is 6.93. The van der Waals surface area contributed by atoms with Crippen molar-refractivity contribution in [2.24, 2.45) is 0 Å². The van der Waals surface area contributed by atoms with Gasteiger partial charge in [-0.3, -0.25) is 4.79 Å². The van der Waals surface area contributed by atoms with Gasteiger partial charge in [-0.05, 0) is 33.1 Å². The molecular formula is C14H17N3O3S. The topological polar surface area (TPSA) is 88.2 Å². The van der Waals surface area contributed by atoms with Gasteiger partial charge < -0.3 is 14.8 Å². The summed E-state index contributed by atoms with van der Waals surface area (Å²) in [6, 6.07) is 0. The number of aryl methyl sites for hydroxylation is 3. The van der Waals surface area contributed by atoms with Crippen molar-refractivity contribution < 1.29 is 14.3 Å². The second-order valence-corrected chi connectivity index (χ2v) is 6.30. The minimum atomic E-state index is -0.785. The van der Waals surface area contributed by atoms with Crippen LogP contribution in [0.4, 0.5) is 5.13 Å². The third kappa shape index (κ3) is 2.78. The van der Waals surface area contributed by atoms with Gasteiger partial charge in [0, 0.05) is 4.88 Å². The molecule has 21 heavy (non-hydrogen) atoms. The maximum atomic E-state index is 11.3. The Balaban J connectivity index is 1.74. The van der Waals surface area contributed by atoms with E-state index in [-0.39, 0.29) is 0 Å². The molecule has 1 atom stereocenters. The van der Waals surface area contributed by atoms with E-state index in [0.717, 1.165) is 40.0 Å². The molecule has 2 heterocycles. The first-order chi connectivity index (χ1) is 10.0. The molecule has 2 aromatic rings. The van der Waals surface area contributed by atoms with Crippen LogP contribution in [0.2, 0.25) is 0 Å². The van der Waals surface area contributed by atoms with Crippen molar-refractivity contribution in [1.29, 1.82) is 0 Å². The highest BCUT2D eigenvalue weighted by Gasteiger charge is 2.29. The predicted molar refractivity (Wildman–Crippen MR) is 78.7 cm³/mol. The van der Waals surface area contributed by atoms with Gasteiger partial charge in [-0.1, -0.05) is 0 Å².